The molecular weight excluding hydrogens is 471 g/mol. The van der Waals surface area contributed by atoms with Gasteiger partial charge in [-0.2, -0.15) is 0 Å². The Kier molecular flexibility index (Phi) is 8.28. The Labute approximate surface area is 201 Å². The van der Waals surface area contributed by atoms with Gasteiger partial charge in [-0.05, 0) is 63.2 Å². The van der Waals surface area contributed by atoms with E-state index in [9.17, 15) is 4.79 Å². The molecule has 0 radical (unpaired) electrons. The summed E-state index contributed by atoms with van der Waals surface area (Å²) in [5, 5.41) is 13.0. The highest BCUT2D eigenvalue weighted by molar-refractivity contribution is 7.99. The molecule has 0 aliphatic heterocycles. The molecule has 0 saturated carbocycles. The van der Waals surface area contributed by atoms with E-state index >= 15 is 0 Å². The van der Waals surface area contributed by atoms with Crippen LogP contribution in [0.2, 0.25) is 10.0 Å². The van der Waals surface area contributed by atoms with Crippen molar-refractivity contribution in [1.29, 1.82) is 0 Å². The molecule has 1 heterocycles. The second-order valence-electron chi connectivity index (χ2n) is 7.24. The summed E-state index contributed by atoms with van der Waals surface area (Å²) >= 11 is 13.3. The van der Waals surface area contributed by atoms with Gasteiger partial charge in [-0.3, -0.25) is 4.79 Å². The fourth-order valence-electron chi connectivity index (χ4n) is 3.01. The van der Waals surface area contributed by atoms with E-state index in [1.807, 2.05) is 49.6 Å². The van der Waals surface area contributed by atoms with E-state index in [0.717, 1.165) is 5.75 Å². The molecule has 1 unspecified atom stereocenters. The first-order valence-electron chi connectivity index (χ1n) is 9.91. The molecule has 1 atom stereocenters. The van der Waals surface area contributed by atoms with Crippen molar-refractivity contribution in [2.24, 2.45) is 0 Å². The van der Waals surface area contributed by atoms with Crippen LogP contribution < -0.4 is 14.8 Å². The SMILES string of the molecule is COc1ccc(OC(C)c2nnc(SCC(=O)Nc3cc(Cl)cc(Cl)c3)n2C(C)C)cc1. The lowest BCUT2D eigenvalue weighted by Gasteiger charge is -2.19. The van der Waals surface area contributed by atoms with E-state index in [2.05, 4.69) is 15.5 Å². The summed E-state index contributed by atoms with van der Waals surface area (Å²) in [7, 11) is 1.62. The van der Waals surface area contributed by atoms with Crippen molar-refractivity contribution in [2.75, 3.05) is 18.2 Å². The Morgan fingerprint density at radius 2 is 1.69 bits per heavy atom. The van der Waals surface area contributed by atoms with E-state index in [0.29, 0.717) is 32.5 Å². The van der Waals surface area contributed by atoms with Crippen LogP contribution in [0.1, 0.15) is 38.7 Å². The number of anilines is 1. The molecule has 7 nitrogen and oxygen atoms in total. The average molecular weight is 495 g/mol. The molecule has 1 N–H and O–H groups in total. The monoisotopic (exact) mass is 494 g/mol. The zero-order chi connectivity index (χ0) is 23.3. The summed E-state index contributed by atoms with van der Waals surface area (Å²) in [6.07, 6.45) is -0.338. The summed E-state index contributed by atoms with van der Waals surface area (Å²) in [6, 6.07) is 12.3. The molecule has 1 aromatic heterocycles. The Morgan fingerprint density at radius 1 is 1.06 bits per heavy atom. The normalized spacial score (nSPS) is 12.0. The van der Waals surface area contributed by atoms with Crippen molar-refractivity contribution in [3.8, 4) is 11.5 Å². The molecule has 0 aliphatic rings. The number of carbonyl (C=O) groups excluding carboxylic acids is 1. The standard InChI is InChI=1S/C22H24Cl2N4O3S/c1-13(2)28-21(14(3)31-19-7-5-18(30-4)6-8-19)26-27-22(28)32-12-20(29)25-17-10-15(23)9-16(24)11-17/h5-11,13-14H,12H2,1-4H3,(H,25,29). The lowest BCUT2D eigenvalue weighted by Crippen LogP contribution is -2.16. The van der Waals surface area contributed by atoms with E-state index in [1.165, 1.54) is 11.8 Å². The van der Waals surface area contributed by atoms with Crippen LogP contribution in [0.15, 0.2) is 47.6 Å². The van der Waals surface area contributed by atoms with Gasteiger partial charge in [0.25, 0.3) is 0 Å². The summed E-state index contributed by atoms with van der Waals surface area (Å²) in [6.45, 7) is 5.98. The first kappa shape index (κ1) is 24.2. The van der Waals surface area contributed by atoms with Crippen LogP contribution in [-0.4, -0.2) is 33.5 Å². The zero-order valence-corrected chi connectivity index (χ0v) is 20.5. The molecule has 2 aromatic carbocycles. The van der Waals surface area contributed by atoms with Crippen molar-refractivity contribution in [3.63, 3.8) is 0 Å². The number of nitrogens with one attached hydrogen (secondary N) is 1. The van der Waals surface area contributed by atoms with Gasteiger partial charge in [0, 0.05) is 21.8 Å². The van der Waals surface area contributed by atoms with E-state index in [-0.39, 0.29) is 23.8 Å². The van der Waals surface area contributed by atoms with Gasteiger partial charge in [-0.25, -0.2) is 0 Å². The first-order chi connectivity index (χ1) is 15.3. The van der Waals surface area contributed by atoms with Crippen LogP contribution in [0.4, 0.5) is 5.69 Å². The van der Waals surface area contributed by atoms with Crippen molar-refractivity contribution in [1.82, 2.24) is 14.8 Å². The number of ether oxygens (including phenoxy) is 2. The van der Waals surface area contributed by atoms with Crippen LogP contribution in [0.3, 0.4) is 0 Å². The molecule has 32 heavy (non-hydrogen) atoms. The molecule has 170 valence electrons. The van der Waals surface area contributed by atoms with Crippen LogP contribution in [0, 0.1) is 0 Å². The molecular formula is C22H24Cl2N4O3S. The second-order valence-corrected chi connectivity index (χ2v) is 9.05. The highest BCUT2D eigenvalue weighted by atomic mass is 35.5. The number of aromatic nitrogens is 3. The molecule has 3 rings (SSSR count). The number of hydrogen-bond donors (Lipinski definition) is 1. The molecule has 3 aromatic rings. The Hall–Kier alpha value is -2.42. The minimum absolute atomic E-state index is 0.0826. The Balaban J connectivity index is 1.67. The highest BCUT2D eigenvalue weighted by Gasteiger charge is 2.22. The van der Waals surface area contributed by atoms with Gasteiger partial charge in [0.05, 0.1) is 12.9 Å². The third-order valence-corrected chi connectivity index (χ3v) is 5.80. The summed E-state index contributed by atoms with van der Waals surface area (Å²) in [5.41, 5.74) is 0.542. The van der Waals surface area contributed by atoms with E-state index in [4.69, 9.17) is 32.7 Å². The number of hydrogen-bond acceptors (Lipinski definition) is 6. The number of thioether (sulfide) groups is 1. The number of methoxy groups -OCH3 is 1. The predicted molar refractivity (Wildman–Crippen MR) is 128 cm³/mol. The quantitative estimate of drug-likeness (QED) is 0.365. The molecule has 0 aliphatic carbocycles. The molecule has 0 saturated heterocycles. The van der Waals surface area contributed by atoms with Crippen molar-refractivity contribution in [3.05, 3.63) is 58.3 Å². The smallest absolute Gasteiger partial charge is 0.234 e. The lowest BCUT2D eigenvalue weighted by atomic mass is 10.3. The third kappa shape index (κ3) is 6.31. The van der Waals surface area contributed by atoms with Gasteiger partial charge in [-0.1, -0.05) is 35.0 Å². The van der Waals surface area contributed by atoms with Gasteiger partial charge < -0.3 is 19.4 Å². The summed E-state index contributed by atoms with van der Waals surface area (Å²) in [4.78, 5) is 12.4. The van der Waals surface area contributed by atoms with Gasteiger partial charge in [0.2, 0.25) is 5.91 Å². The minimum atomic E-state index is -0.338. The summed E-state index contributed by atoms with van der Waals surface area (Å²) in [5.74, 6) is 2.09. The predicted octanol–water partition coefficient (Wildman–Crippen LogP) is 6.05. The lowest BCUT2D eigenvalue weighted by molar-refractivity contribution is -0.113. The van der Waals surface area contributed by atoms with Crippen LogP contribution >= 0.6 is 35.0 Å². The van der Waals surface area contributed by atoms with Crippen LogP contribution in [0.5, 0.6) is 11.5 Å². The second kappa shape index (κ2) is 10.9. The van der Waals surface area contributed by atoms with E-state index in [1.54, 1.807) is 25.3 Å². The number of rotatable bonds is 9. The van der Waals surface area contributed by atoms with Crippen LogP contribution in [-0.2, 0) is 4.79 Å². The largest absolute Gasteiger partial charge is 0.497 e. The topological polar surface area (TPSA) is 78.3 Å². The molecule has 10 heteroatoms. The van der Waals surface area contributed by atoms with Gasteiger partial charge in [0.1, 0.15) is 11.5 Å². The van der Waals surface area contributed by atoms with Crippen molar-refractivity contribution in [2.45, 2.75) is 38.1 Å². The maximum atomic E-state index is 12.4. The van der Waals surface area contributed by atoms with Gasteiger partial charge in [0.15, 0.2) is 17.1 Å². The molecule has 0 spiro atoms. The maximum absolute atomic E-state index is 12.4. The number of carbonyl (C=O) groups is 1. The van der Waals surface area contributed by atoms with Crippen LogP contribution in [0.25, 0.3) is 0 Å². The number of benzene rings is 2. The fourth-order valence-corrected chi connectivity index (χ4v) is 4.41. The van der Waals surface area contributed by atoms with Crippen molar-refractivity contribution >= 4 is 46.6 Å². The van der Waals surface area contributed by atoms with Crippen molar-refractivity contribution < 1.29 is 14.3 Å². The molecule has 0 fully saturated rings. The number of amides is 1. The Bertz CT molecular complexity index is 1050. The number of halogens is 2. The average Bonchev–Trinajstić information content (AvgIpc) is 3.16. The van der Waals surface area contributed by atoms with Gasteiger partial charge in [-0.15, -0.1) is 10.2 Å². The molecule has 1 amide bonds. The maximum Gasteiger partial charge on any atom is 0.234 e. The zero-order valence-electron chi connectivity index (χ0n) is 18.1. The number of nitrogens with zero attached hydrogens (tertiary/aromatic N) is 3. The Morgan fingerprint density at radius 3 is 2.28 bits per heavy atom. The third-order valence-electron chi connectivity index (χ3n) is 4.42. The highest BCUT2D eigenvalue weighted by Crippen LogP contribution is 2.29. The minimum Gasteiger partial charge on any atom is -0.497 e. The first-order valence-corrected chi connectivity index (χ1v) is 11.6. The fraction of sp³-hybridized carbons (Fsp3) is 0.318. The molecule has 0 bridgehead atoms. The van der Waals surface area contributed by atoms with E-state index < -0.39 is 0 Å². The summed E-state index contributed by atoms with van der Waals surface area (Å²) < 4.78 is 13.2. The van der Waals surface area contributed by atoms with Gasteiger partial charge >= 0.3 is 0 Å².